The van der Waals surface area contributed by atoms with Crippen LogP contribution < -0.4 is 5.32 Å². The summed E-state index contributed by atoms with van der Waals surface area (Å²) in [6, 6.07) is 21.9. The van der Waals surface area contributed by atoms with Crippen molar-refractivity contribution in [2.75, 3.05) is 5.32 Å². The summed E-state index contributed by atoms with van der Waals surface area (Å²) in [5.74, 6) is 0. The van der Waals surface area contributed by atoms with E-state index in [2.05, 4.69) is 66.0 Å². The van der Waals surface area contributed by atoms with Crippen LogP contribution in [-0.4, -0.2) is 0 Å². The van der Waals surface area contributed by atoms with Crippen LogP contribution in [0.25, 0.3) is 10.8 Å². The Morgan fingerprint density at radius 1 is 0.810 bits per heavy atom. The fourth-order valence-corrected chi connectivity index (χ4v) is 3.33. The van der Waals surface area contributed by atoms with Crippen LogP contribution in [0.15, 0.2) is 60.7 Å². The van der Waals surface area contributed by atoms with Gasteiger partial charge in [-0.25, -0.2) is 0 Å². The van der Waals surface area contributed by atoms with E-state index in [1.165, 1.54) is 52.4 Å². The molecule has 0 aromatic heterocycles. The number of benzene rings is 3. The fourth-order valence-electron chi connectivity index (χ4n) is 3.33. The third-order valence-corrected chi connectivity index (χ3v) is 4.46. The van der Waals surface area contributed by atoms with E-state index in [0.717, 1.165) is 6.54 Å². The molecule has 1 nitrogen and oxygen atoms in total. The second-order valence-electron chi connectivity index (χ2n) is 5.83. The molecule has 0 fully saturated rings. The van der Waals surface area contributed by atoms with Crippen LogP contribution in [-0.2, 0) is 19.4 Å². The largest absolute Gasteiger partial charge is 0.381 e. The van der Waals surface area contributed by atoms with Crippen molar-refractivity contribution < 1.29 is 0 Å². The molecule has 4 rings (SSSR count). The van der Waals surface area contributed by atoms with Gasteiger partial charge in [-0.15, -0.1) is 0 Å². The Balaban J connectivity index is 1.58. The minimum Gasteiger partial charge on any atom is -0.381 e. The van der Waals surface area contributed by atoms with Crippen molar-refractivity contribution in [2.24, 2.45) is 0 Å². The maximum absolute atomic E-state index is 3.58. The van der Waals surface area contributed by atoms with Crippen molar-refractivity contribution in [3.63, 3.8) is 0 Å². The number of aryl methyl sites for hydroxylation is 2. The van der Waals surface area contributed by atoms with Crippen molar-refractivity contribution >= 4 is 16.5 Å². The van der Waals surface area contributed by atoms with Crippen molar-refractivity contribution in [1.29, 1.82) is 0 Å². The van der Waals surface area contributed by atoms with Crippen LogP contribution in [0, 0.1) is 0 Å². The quantitative estimate of drug-likeness (QED) is 0.712. The molecule has 0 saturated heterocycles. The third-order valence-electron chi connectivity index (χ3n) is 4.46. The average Bonchev–Trinajstić information content (AvgIpc) is 3.00. The van der Waals surface area contributed by atoms with E-state index in [0.29, 0.717) is 0 Å². The van der Waals surface area contributed by atoms with E-state index in [9.17, 15) is 0 Å². The Morgan fingerprint density at radius 2 is 1.67 bits per heavy atom. The molecule has 1 aliphatic rings. The van der Waals surface area contributed by atoms with Gasteiger partial charge in [-0.05, 0) is 58.9 Å². The summed E-state index contributed by atoms with van der Waals surface area (Å²) in [6.07, 6.45) is 3.79. The number of hydrogen-bond donors (Lipinski definition) is 1. The summed E-state index contributed by atoms with van der Waals surface area (Å²) < 4.78 is 0. The molecular formula is C20H19N. The molecule has 0 heterocycles. The first-order valence-corrected chi connectivity index (χ1v) is 7.72. The molecule has 104 valence electrons. The van der Waals surface area contributed by atoms with E-state index in [1.54, 1.807) is 0 Å². The van der Waals surface area contributed by atoms with Gasteiger partial charge in [0.05, 0.1) is 0 Å². The lowest BCUT2D eigenvalue weighted by atomic mass is 10.0. The molecule has 1 heteroatoms. The lowest BCUT2D eigenvalue weighted by molar-refractivity contribution is 0.912. The zero-order chi connectivity index (χ0) is 14.1. The molecule has 0 spiro atoms. The first kappa shape index (κ1) is 12.5. The van der Waals surface area contributed by atoms with Crippen molar-refractivity contribution in [3.05, 3.63) is 77.4 Å². The van der Waals surface area contributed by atoms with Gasteiger partial charge in [0.1, 0.15) is 0 Å². The monoisotopic (exact) mass is 273 g/mol. The number of fused-ring (bicyclic) bond motifs is 2. The number of nitrogens with one attached hydrogen (secondary N) is 1. The highest BCUT2D eigenvalue weighted by molar-refractivity contribution is 5.85. The molecule has 3 aromatic carbocycles. The maximum Gasteiger partial charge on any atom is 0.0406 e. The highest BCUT2D eigenvalue weighted by Crippen LogP contribution is 2.26. The highest BCUT2D eigenvalue weighted by Gasteiger charge is 2.10. The Morgan fingerprint density at radius 3 is 2.67 bits per heavy atom. The van der Waals surface area contributed by atoms with Gasteiger partial charge in [0.2, 0.25) is 0 Å². The Labute approximate surface area is 125 Å². The highest BCUT2D eigenvalue weighted by atomic mass is 14.9. The number of anilines is 1. The lowest BCUT2D eigenvalue weighted by Gasteiger charge is -2.11. The van der Waals surface area contributed by atoms with Crippen LogP contribution in [0.2, 0.25) is 0 Å². The maximum atomic E-state index is 3.58. The van der Waals surface area contributed by atoms with E-state index >= 15 is 0 Å². The van der Waals surface area contributed by atoms with Gasteiger partial charge < -0.3 is 5.32 Å². The number of hydrogen-bond acceptors (Lipinski definition) is 1. The van der Waals surface area contributed by atoms with Crippen LogP contribution >= 0.6 is 0 Å². The summed E-state index contributed by atoms with van der Waals surface area (Å²) in [5, 5.41) is 6.24. The van der Waals surface area contributed by atoms with Gasteiger partial charge >= 0.3 is 0 Å². The van der Waals surface area contributed by atoms with E-state index < -0.39 is 0 Å². The van der Waals surface area contributed by atoms with Gasteiger partial charge in [-0.1, -0.05) is 48.5 Å². The summed E-state index contributed by atoms with van der Waals surface area (Å²) in [7, 11) is 0. The topological polar surface area (TPSA) is 12.0 Å². The van der Waals surface area contributed by atoms with Crippen LogP contribution in [0.3, 0.4) is 0 Å². The molecule has 1 aliphatic carbocycles. The predicted octanol–water partition coefficient (Wildman–Crippen LogP) is 4.94. The van der Waals surface area contributed by atoms with Crippen LogP contribution in [0.5, 0.6) is 0 Å². The minimum absolute atomic E-state index is 0.875. The molecule has 21 heavy (non-hydrogen) atoms. The van der Waals surface area contributed by atoms with Crippen LogP contribution in [0.1, 0.15) is 23.1 Å². The van der Waals surface area contributed by atoms with E-state index in [1.807, 2.05) is 0 Å². The number of rotatable bonds is 3. The van der Waals surface area contributed by atoms with E-state index in [4.69, 9.17) is 0 Å². The van der Waals surface area contributed by atoms with Gasteiger partial charge in [0, 0.05) is 12.2 Å². The molecule has 3 aromatic rings. The van der Waals surface area contributed by atoms with Gasteiger partial charge in [0.15, 0.2) is 0 Å². The van der Waals surface area contributed by atoms with Crippen molar-refractivity contribution in [3.8, 4) is 0 Å². The third kappa shape index (κ3) is 2.40. The normalized spacial score (nSPS) is 13.3. The van der Waals surface area contributed by atoms with Gasteiger partial charge in [0.25, 0.3) is 0 Å². The molecule has 0 unspecified atom stereocenters. The molecule has 0 aliphatic heterocycles. The van der Waals surface area contributed by atoms with Gasteiger partial charge in [-0.2, -0.15) is 0 Å². The second kappa shape index (κ2) is 5.25. The van der Waals surface area contributed by atoms with Crippen molar-refractivity contribution in [1.82, 2.24) is 0 Å². The standard InChI is InChI=1S/C20H19N/c1-2-10-20-16(5-1)7-4-9-18(20)14-21-19-12-11-15-6-3-8-17(15)13-19/h1-2,4-5,7,9-13,21H,3,6,8,14H2. The minimum atomic E-state index is 0.875. The molecule has 0 saturated carbocycles. The molecule has 0 atom stereocenters. The summed E-state index contributed by atoms with van der Waals surface area (Å²) in [6.45, 7) is 0.875. The average molecular weight is 273 g/mol. The van der Waals surface area contributed by atoms with Gasteiger partial charge in [-0.3, -0.25) is 0 Å². The smallest absolute Gasteiger partial charge is 0.0406 e. The first-order valence-electron chi connectivity index (χ1n) is 7.72. The second-order valence-corrected chi connectivity index (χ2v) is 5.83. The fraction of sp³-hybridized carbons (Fsp3) is 0.200. The summed E-state index contributed by atoms with van der Waals surface area (Å²) in [5.41, 5.74) is 5.65. The zero-order valence-corrected chi connectivity index (χ0v) is 12.1. The molecule has 0 bridgehead atoms. The lowest BCUT2D eigenvalue weighted by Crippen LogP contribution is -2.00. The molecule has 0 amide bonds. The molecule has 1 N–H and O–H groups in total. The summed E-state index contributed by atoms with van der Waals surface area (Å²) in [4.78, 5) is 0. The molecule has 0 radical (unpaired) electrons. The predicted molar refractivity (Wildman–Crippen MR) is 89.7 cm³/mol. The molecular weight excluding hydrogens is 254 g/mol. The SMILES string of the molecule is c1ccc2c(CNc3ccc4c(c3)CCC4)cccc2c1. The summed E-state index contributed by atoms with van der Waals surface area (Å²) >= 11 is 0. The Hall–Kier alpha value is -2.28. The van der Waals surface area contributed by atoms with E-state index in [-0.39, 0.29) is 0 Å². The Kier molecular flexibility index (Phi) is 3.11. The first-order chi connectivity index (χ1) is 10.4. The van der Waals surface area contributed by atoms with Crippen LogP contribution in [0.4, 0.5) is 5.69 Å². The van der Waals surface area contributed by atoms with Crippen molar-refractivity contribution in [2.45, 2.75) is 25.8 Å². The zero-order valence-electron chi connectivity index (χ0n) is 12.1. The Bertz CT molecular complexity index is 783.